The topological polar surface area (TPSA) is 51.8 Å². The molecule has 1 aromatic rings. The molecule has 0 saturated heterocycles. The molecule has 12 heavy (non-hydrogen) atoms. The first-order valence-electron chi connectivity index (χ1n) is 3.07. The van der Waals surface area contributed by atoms with Crippen LogP contribution in [0.15, 0.2) is 6.20 Å². The standard InChI is InChI=1S/C7H5Cl2N3/c8-3-1-2-5-4-11-7(9)12-6(5)10/h4H,3H2,(H2,10,11,12). The lowest BCUT2D eigenvalue weighted by Gasteiger charge is -1.94. The Morgan fingerprint density at radius 1 is 1.58 bits per heavy atom. The van der Waals surface area contributed by atoms with Crippen molar-refractivity contribution in [2.24, 2.45) is 0 Å². The fourth-order valence-electron chi connectivity index (χ4n) is 0.597. The molecule has 0 radical (unpaired) electrons. The van der Waals surface area contributed by atoms with Crippen molar-refractivity contribution in [2.45, 2.75) is 0 Å². The van der Waals surface area contributed by atoms with Gasteiger partial charge < -0.3 is 5.73 Å². The van der Waals surface area contributed by atoms with E-state index in [1.54, 1.807) is 0 Å². The molecule has 0 unspecified atom stereocenters. The molecule has 0 aliphatic heterocycles. The number of alkyl halides is 1. The van der Waals surface area contributed by atoms with Gasteiger partial charge in [-0.2, -0.15) is 4.98 Å². The molecule has 0 spiro atoms. The Kier molecular flexibility index (Phi) is 3.15. The van der Waals surface area contributed by atoms with Crippen molar-refractivity contribution in [1.29, 1.82) is 0 Å². The summed E-state index contributed by atoms with van der Waals surface area (Å²) in [6, 6.07) is 0. The van der Waals surface area contributed by atoms with Gasteiger partial charge in [-0.3, -0.25) is 0 Å². The van der Waals surface area contributed by atoms with Crippen LogP contribution in [0.2, 0.25) is 5.28 Å². The van der Waals surface area contributed by atoms with Crippen LogP contribution in [0, 0.1) is 11.8 Å². The second-order valence-electron chi connectivity index (χ2n) is 1.87. The van der Waals surface area contributed by atoms with Crippen molar-refractivity contribution in [3.05, 3.63) is 17.0 Å². The van der Waals surface area contributed by atoms with Crippen LogP contribution in [0.25, 0.3) is 0 Å². The Balaban J connectivity index is 3.01. The zero-order valence-corrected chi connectivity index (χ0v) is 7.52. The lowest BCUT2D eigenvalue weighted by molar-refractivity contribution is 1.17. The summed E-state index contributed by atoms with van der Waals surface area (Å²) in [5.74, 6) is 5.86. The van der Waals surface area contributed by atoms with Crippen molar-refractivity contribution in [1.82, 2.24) is 9.97 Å². The van der Waals surface area contributed by atoms with Crippen molar-refractivity contribution in [3.63, 3.8) is 0 Å². The Labute approximate surface area is 79.9 Å². The first-order valence-corrected chi connectivity index (χ1v) is 3.98. The molecule has 3 nitrogen and oxygen atoms in total. The maximum absolute atomic E-state index is 5.48. The van der Waals surface area contributed by atoms with E-state index in [4.69, 9.17) is 28.9 Å². The number of halogens is 2. The molecule has 0 atom stereocenters. The third kappa shape index (κ3) is 2.26. The Bertz CT molecular complexity index is 340. The molecule has 0 bridgehead atoms. The highest BCUT2D eigenvalue weighted by atomic mass is 35.5. The summed E-state index contributed by atoms with van der Waals surface area (Å²) in [5.41, 5.74) is 6.02. The highest BCUT2D eigenvalue weighted by Gasteiger charge is 1.97. The highest BCUT2D eigenvalue weighted by molar-refractivity contribution is 6.28. The van der Waals surface area contributed by atoms with E-state index in [1.165, 1.54) is 6.20 Å². The molecule has 0 aromatic carbocycles. The minimum absolute atomic E-state index is 0.115. The number of aromatic nitrogens is 2. The molecule has 0 aliphatic carbocycles. The van der Waals surface area contributed by atoms with E-state index < -0.39 is 0 Å². The fourth-order valence-corrected chi connectivity index (χ4v) is 0.804. The summed E-state index contributed by atoms with van der Waals surface area (Å²) < 4.78 is 0. The molecule has 1 aromatic heterocycles. The average Bonchev–Trinajstić information content (AvgIpc) is 2.03. The van der Waals surface area contributed by atoms with Crippen LogP contribution in [0.1, 0.15) is 5.56 Å². The van der Waals surface area contributed by atoms with Gasteiger partial charge in [0.1, 0.15) is 5.82 Å². The molecular formula is C7H5Cl2N3. The largest absolute Gasteiger partial charge is 0.383 e. The summed E-state index contributed by atoms with van der Waals surface area (Å²) in [6.07, 6.45) is 1.46. The molecule has 0 amide bonds. The van der Waals surface area contributed by atoms with E-state index in [0.29, 0.717) is 5.56 Å². The Hall–Kier alpha value is -0.980. The van der Waals surface area contributed by atoms with E-state index in [0.717, 1.165) is 0 Å². The Morgan fingerprint density at radius 3 is 2.92 bits per heavy atom. The SMILES string of the molecule is Nc1nc(Cl)ncc1C#CCCl. The van der Waals surface area contributed by atoms with Gasteiger partial charge in [0.15, 0.2) is 0 Å². The van der Waals surface area contributed by atoms with Gasteiger partial charge in [-0.25, -0.2) is 4.98 Å². The number of nitrogens with two attached hydrogens (primary N) is 1. The third-order valence-corrected chi connectivity index (χ3v) is 1.39. The van der Waals surface area contributed by atoms with Gasteiger partial charge in [0, 0.05) is 6.20 Å². The van der Waals surface area contributed by atoms with Crippen molar-refractivity contribution < 1.29 is 0 Å². The van der Waals surface area contributed by atoms with Crippen molar-refractivity contribution >= 4 is 29.0 Å². The monoisotopic (exact) mass is 201 g/mol. The van der Waals surface area contributed by atoms with Crippen LogP contribution in [0.5, 0.6) is 0 Å². The zero-order chi connectivity index (χ0) is 8.97. The summed E-state index contributed by atoms with van der Waals surface area (Å²) in [6.45, 7) is 0. The van der Waals surface area contributed by atoms with Crippen molar-refractivity contribution in [2.75, 3.05) is 11.6 Å². The van der Waals surface area contributed by atoms with E-state index in [9.17, 15) is 0 Å². The van der Waals surface area contributed by atoms with E-state index in [2.05, 4.69) is 21.8 Å². The van der Waals surface area contributed by atoms with Gasteiger partial charge in [-0.1, -0.05) is 11.8 Å². The molecule has 0 fully saturated rings. The Morgan fingerprint density at radius 2 is 2.33 bits per heavy atom. The van der Waals surface area contributed by atoms with Gasteiger partial charge in [0.05, 0.1) is 11.4 Å². The minimum Gasteiger partial charge on any atom is -0.383 e. The van der Waals surface area contributed by atoms with Crippen LogP contribution in [-0.4, -0.2) is 15.8 Å². The second kappa shape index (κ2) is 4.15. The minimum atomic E-state index is 0.115. The van der Waals surface area contributed by atoms with Gasteiger partial charge in [-0.05, 0) is 11.6 Å². The summed E-state index contributed by atoms with van der Waals surface area (Å²) in [7, 11) is 0. The molecular weight excluding hydrogens is 197 g/mol. The molecule has 0 saturated carbocycles. The number of rotatable bonds is 0. The molecule has 5 heteroatoms. The van der Waals surface area contributed by atoms with Crippen molar-refractivity contribution in [3.8, 4) is 11.8 Å². The van der Waals surface area contributed by atoms with Gasteiger partial charge in [-0.15, -0.1) is 11.6 Å². The summed E-state index contributed by atoms with van der Waals surface area (Å²) >= 11 is 10.8. The number of anilines is 1. The molecule has 2 N–H and O–H groups in total. The first kappa shape index (κ1) is 9.11. The van der Waals surface area contributed by atoms with Crippen LogP contribution >= 0.6 is 23.2 Å². The molecule has 0 aliphatic rings. The average molecular weight is 202 g/mol. The summed E-state index contributed by atoms with van der Waals surface area (Å²) in [5, 5.41) is 0.115. The summed E-state index contributed by atoms with van der Waals surface area (Å²) in [4.78, 5) is 7.43. The predicted octanol–water partition coefficient (Wildman–Crippen LogP) is 1.30. The fraction of sp³-hybridized carbons (Fsp3) is 0.143. The zero-order valence-electron chi connectivity index (χ0n) is 6.01. The van der Waals surface area contributed by atoms with Gasteiger partial charge >= 0.3 is 0 Å². The van der Waals surface area contributed by atoms with Crippen LogP contribution in [-0.2, 0) is 0 Å². The van der Waals surface area contributed by atoms with Crippen LogP contribution < -0.4 is 5.73 Å². The lowest BCUT2D eigenvalue weighted by Crippen LogP contribution is -1.96. The molecule has 1 rings (SSSR count). The number of nitrogens with zero attached hydrogens (tertiary/aromatic N) is 2. The molecule has 1 heterocycles. The second-order valence-corrected chi connectivity index (χ2v) is 2.48. The highest BCUT2D eigenvalue weighted by Crippen LogP contribution is 2.08. The lowest BCUT2D eigenvalue weighted by atomic mass is 10.3. The first-order chi connectivity index (χ1) is 5.74. The van der Waals surface area contributed by atoms with Gasteiger partial charge in [0.2, 0.25) is 5.28 Å². The third-order valence-electron chi connectivity index (χ3n) is 1.08. The predicted molar refractivity (Wildman–Crippen MR) is 49.1 cm³/mol. The van der Waals surface area contributed by atoms with Crippen LogP contribution in [0.4, 0.5) is 5.82 Å². The number of hydrogen-bond donors (Lipinski definition) is 1. The normalized spacial score (nSPS) is 8.83. The van der Waals surface area contributed by atoms with Gasteiger partial charge in [0.25, 0.3) is 0 Å². The maximum Gasteiger partial charge on any atom is 0.224 e. The quantitative estimate of drug-likeness (QED) is 0.392. The van der Waals surface area contributed by atoms with E-state index in [1.807, 2.05) is 0 Å². The molecule has 62 valence electrons. The number of hydrogen-bond acceptors (Lipinski definition) is 3. The van der Waals surface area contributed by atoms with E-state index in [-0.39, 0.29) is 17.0 Å². The van der Waals surface area contributed by atoms with E-state index >= 15 is 0 Å². The smallest absolute Gasteiger partial charge is 0.224 e. The number of nitrogen functional groups attached to an aromatic ring is 1. The van der Waals surface area contributed by atoms with Crippen LogP contribution in [0.3, 0.4) is 0 Å². The maximum atomic E-state index is 5.48.